The van der Waals surface area contributed by atoms with Crippen LogP contribution >= 0.6 is 0 Å². The van der Waals surface area contributed by atoms with E-state index in [1.807, 2.05) is 31.2 Å². The van der Waals surface area contributed by atoms with Crippen molar-refractivity contribution in [3.05, 3.63) is 59.7 Å². The van der Waals surface area contributed by atoms with Crippen LogP contribution in [0.5, 0.6) is 5.75 Å². The van der Waals surface area contributed by atoms with Crippen molar-refractivity contribution < 1.29 is 19.1 Å². The van der Waals surface area contributed by atoms with Crippen LogP contribution in [0.1, 0.15) is 49.7 Å². The Bertz CT molecular complexity index is 978. The summed E-state index contributed by atoms with van der Waals surface area (Å²) >= 11 is 0. The molecule has 2 aromatic rings. The van der Waals surface area contributed by atoms with E-state index in [9.17, 15) is 14.4 Å². The Morgan fingerprint density at radius 2 is 1.66 bits per heavy atom. The molecule has 1 aliphatic heterocycles. The second-order valence-corrected chi connectivity index (χ2v) is 8.77. The number of benzene rings is 2. The van der Waals surface area contributed by atoms with E-state index in [4.69, 9.17) is 4.74 Å². The summed E-state index contributed by atoms with van der Waals surface area (Å²) in [7, 11) is 1.57. The molecule has 0 bridgehead atoms. The number of hydrogen-bond donors (Lipinski definition) is 0. The van der Waals surface area contributed by atoms with Gasteiger partial charge in [-0.1, -0.05) is 49.1 Å². The first-order chi connectivity index (χ1) is 15.5. The topological polar surface area (TPSA) is 66.9 Å². The van der Waals surface area contributed by atoms with Gasteiger partial charge >= 0.3 is 0 Å². The molecule has 4 rings (SSSR count). The molecule has 0 spiro atoms. The van der Waals surface area contributed by atoms with Crippen molar-refractivity contribution in [2.75, 3.05) is 12.0 Å². The fraction of sp³-hybridized carbons (Fsp3) is 0.423. The van der Waals surface area contributed by atoms with Gasteiger partial charge in [-0.2, -0.15) is 0 Å². The van der Waals surface area contributed by atoms with Crippen LogP contribution in [-0.4, -0.2) is 35.8 Å². The molecule has 2 fully saturated rings. The third kappa shape index (κ3) is 4.54. The fourth-order valence-corrected chi connectivity index (χ4v) is 4.68. The summed E-state index contributed by atoms with van der Waals surface area (Å²) in [5.41, 5.74) is 2.60. The smallest absolute Gasteiger partial charge is 0.257 e. The highest BCUT2D eigenvalue weighted by Gasteiger charge is 2.45. The summed E-state index contributed by atoms with van der Waals surface area (Å²) in [4.78, 5) is 42.7. The summed E-state index contributed by atoms with van der Waals surface area (Å²) in [5.74, 6) is -0.0510. The minimum Gasteiger partial charge on any atom is -0.497 e. The Morgan fingerprint density at radius 3 is 2.28 bits per heavy atom. The number of anilines is 1. The van der Waals surface area contributed by atoms with Gasteiger partial charge in [-0.05, 0) is 49.6 Å². The van der Waals surface area contributed by atoms with Crippen molar-refractivity contribution in [3.63, 3.8) is 0 Å². The monoisotopic (exact) mass is 434 g/mol. The number of ether oxygens (including phenoxy) is 1. The number of imide groups is 1. The molecule has 0 radical (unpaired) electrons. The lowest BCUT2D eigenvalue weighted by Gasteiger charge is -2.32. The van der Waals surface area contributed by atoms with Gasteiger partial charge in [-0.15, -0.1) is 0 Å². The zero-order chi connectivity index (χ0) is 22.7. The van der Waals surface area contributed by atoms with Gasteiger partial charge in [-0.3, -0.25) is 14.4 Å². The molecular formula is C26H30N2O4. The highest BCUT2D eigenvalue weighted by molar-refractivity contribution is 6.23. The Labute approximate surface area is 189 Å². The summed E-state index contributed by atoms with van der Waals surface area (Å²) in [5, 5.41) is 0. The highest BCUT2D eigenvalue weighted by Crippen LogP contribution is 2.32. The molecule has 2 aromatic carbocycles. The van der Waals surface area contributed by atoms with Crippen molar-refractivity contribution in [2.24, 2.45) is 5.92 Å². The van der Waals surface area contributed by atoms with Crippen molar-refractivity contribution in [2.45, 2.75) is 58.0 Å². The summed E-state index contributed by atoms with van der Waals surface area (Å²) < 4.78 is 5.18. The second-order valence-electron chi connectivity index (χ2n) is 8.77. The van der Waals surface area contributed by atoms with Gasteiger partial charge in [0.1, 0.15) is 11.8 Å². The first-order valence-corrected chi connectivity index (χ1v) is 11.3. The lowest BCUT2D eigenvalue weighted by atomic mass is 9.87. The standard InChI is InChI=1S/C26H30N2O4/c1-18-8-10-19(11-9-18)17-27(25(30)20-6-4-3-5-7-20)23-16-24(29)28(26(23)31)21-12-14-22(32-2)15-13-21/h8-15,20,23H,3-7,16-17H2,1-2H3. The lowest BCUT2D eigenvalue weighted by Crippen LogP contribution is -2.47. The van der Waals surface area contributed by atoms with Crippen molar-refractivity contribution >= 4 is 23.4 Å². The Morgan fingerprint density at radius 1 is 1.00 bits per heavy atom. The van der Waals surface area contributed by atoms with Crippen molar-refractivity contribution in [3.8, 4) is 5.75 Å². The van der Waals surface area contributed by atoms with Crippen LogP contribution in [0.4, 0.5) is 5.69 Å². The average Bonchev–Trinajstić information content (AvgIpc) is 3.12. The number of nitrogens with zero attached hydrogens (tertiary/aromatic N) is 2. The zero-order valence-electron chi connectivity index (χ0n) is 18.8. The molecule has 6 heteroatoms. The number of amides is 3. The van der Waals surface area contributed by atoms with E-state index in [1.165, 1.54) is 4.90 Å². The summed E-state index contributed by atoms with van der Waals surface area (Å²) in [6.07, 6.45) is 4.91. The van der Waals surface area contributed by atoms with Crippen LogP contribution in [0.2, 0.25) is 0 Å². The molecule has 6 nitrogen and oxygen atoms in total. The minimum absolute atomic E-state index is 0.00648. The maximum atomic E-state index is 13.6. The first kappa shape index (κ1) is 22.1. The molecule has 1 atom stereocenters. The summed E-state index contributed by atoms with van der Waals surface area (Å²) in [6.45, 7) is 2.34. The summed E-state index contributed by atoms with van der Waals surface area (Å²) in [6, 6.07) is 14.0. The second kappa shape index (κ2) is 9.55. The largest absolute Gasteiger partial charge is 0.497 e. The predicted octanol–water partition coefficient (Wildman–Crippen LogP) is 4.24. The quantitative estimate of drug-likeness (QED) is 0.638. The highest BCUT2D eigenvalue weighted by atomic mass is 16.5. The molecule has 1 heterocycles. The molecule has 1 aliphatic carbocycles. The molecule has 1 saturated carbocycles. The number of hydrogen-bond acceptors (Lipinski definition) is 4. The molecule has 0 aromatic heterocycles. The first-order valence-electron chi connectivity index (χ1n) is 11.3. The van der Waals surface area contributed by atoms with E-state index < -0.39 is 6.04 Å². The molecule has 3 amide bonds. The van der Waals surface area contributed by atoms with Gasteiger partial charge < -0.3 is 9.64 Å². The Hall–Kier alpha value is -3.15. The lowest BCUT2D eigenvalue weighted by molar-refractivity contribution is -0.143. The Kier molecular flexibility index (Phi) is 6.58. The van der Waals surface area contributed by atoms with Gasteiger partial charge in [0, 0.05) is 12.5 Å². The number of carbonyl (C=O) groups excluding carboxylic acids is 3. The van der Waals surface area contributed by atoms with Gasteiger partial charge in [0.05, 0.1) is 19.2 Å². The van der Waals surface area contributed by atoms with Crippen LogP contribution in [0, 0.1) is 12.8 Å². The number of methoxy groups -OCH3 is 1. The van der Waals surface area contributed by atoms with Crippen molar-refractivity contribution in [1.29, 1.82) is 0 Å². The van der Waals surface area contributed by atoms with E-state index in [0.717, 1.165) is 43.2 Å². The Balaban J connectivity index is 1.61. The average molecular weight is 435 g/mol. The maximum absolute atomic E-state index is 13.6. The molecular weight excluding hydrogens is 404 g/mol. The third-order valence-electron chi connectivity index (χ3n) is 6.54. The van der Waals surface area contributed by atoms with E-state index in [0.29, 0.717) is 18.0 Å². The molecule has 0 N–H and O–H groups in total. The van der Waals surface area contributed by atoms with Gasteiger partial charge in [0.15, 0.2) is 0 Å². The van der Waals surface area contributed by atoms with E-state index >= 15 is 0 Å². The van der Waals surface area contributed by atoms with Crippen molar-refractivity contribution in [1.82, 2.24) is 4.90 Å². The van der Waals surface area contributed by atoms with Crippen LogP contribution < -0.4 is 9.64 Å². The van der Waals surface area contributed by atoms with Gasteiger partial charge in [0.2, 0.25) is 11.8 Å². The molecule has 1 saturated heterocycles. The van der Waals surface area contributed by atoms with Crippen LogP contribution in [0.3, 0.4) is 0 Å². The van der Waals surface area contributed by atoms with Gasteiger partial charge in [0.25, 0.3) is 5.91 Å². The third-order valence-corrected chi connectivity index (χ3v) is 6.54. The number of carbonyl (C=O) groups is 3. The van der Waals surface area contributed by atoms with Crippen LogP contribution in [0.25, 0.3) is 0 Å². The fourth-order valence-electron chi connectivity index (χ4n) is 4.68. The number of rotatable bonds is 6. The minimum atomic E-state index is -0.777. The van der Waals surface area contributed by atoms with Crippen LogP contribution in [-0.2, 0) is 20.9 Å². The normalized spacial score (nSPS) is 19.3. The zero-order valence-corrected chi connectivity index (χ0v) is 18.8. The van der Waals surface area contributed by atoms with Crippen LogP contribution in [0.15, 0.2) is 48.5 Å². The molecule has 32 heavy (non-hydrogen) atoms. The maximum Gasteiger partial charge on any atom is 0.257 e. The predicted molar refractivity (Wildman–Crippen MR) is 122 cm³/mol. The van der Waals surface area contributed by atoms with Gasteiger partial charge in [-0.25, -0.2) is 4.90 Å². The molecule has 1 unspecified atom stereocenters. The molecule has 168 valence electrons. The number of aryl methyl sites for hydroxylation is 1. The molecule has 2 aliphatic rings. The van der Waals surface area contributed by atoms with E-state index in [2.05, 4.69) is 0 Å². The SMILES string of the molecule is COc1ccc(N2C(=O)CC(N(Cc3ccc(C)cc3)C(=O)C3CCCCC3)C2=O)cc1. The van der Waals surface area contributed by atoms with E-state index in [1.54, 1.807) is 36.3 Å². The van der Waals surface area contributed by atoms with E-state index in [-0.39, 0.29) is 30.1 Å².